The number of guanidine groups is 1. The van der Waals surface area contributed by atoms with Gasteiger partial charge < -0.3 is 5.32 Å². The van der Waals surface area contributed by atoms with Gasteiger partial charge in [-0.3, -0.25) is 5.43 Å². The molecular formula is C8H18N4. The van der Waals surface area contributed by atoms with E-state index in [4.69, 9.17) is 5.84 Å². The lowest BCUT2D eigenvalue weighted by Gasteiger charge is -2.22. The first-order valence-corrected chi connectivity index (χ1v) is 4.34. The molecule has 0 unspecified atom stereocenters. The Kier molecular flexibility index (Phi) is 2.57. The molecule has 1 aliphatic carbocycles. The molecule has 12 heavy (non-hydrogen) atoms. The first kappa shape index (κ1) is 9.32. The molecule has 0 atom stereocenters. The summed E-state index contributed by atoms with van der Waals surface area (Å²) in [6, 6.07) is 0.492. The van der Waals surface area contributed by atoms with Crippen LogP contribution < -0.4 is 16.6 Å². The Hall–Kier alpha value is -0.770. The van der Waals surface area contributed by atoms with E-state index in [-0.39, 0.29) is 5.54 Å². The van der Waals surface area contributed by atoms with E-state index in [2.05, 4.69) is 36.5 Å². The van der Waals surface area contributed by atoms with Gasteiger partial charge >= 0.3 is 0 Å². The second-order valence-electron chi connectivity index (χ2n) is 4.23. The minimum Gasteiger partial charge on any atom is -0.351 e. The minimum absolute atomic E-state index is 0.0140. The lowest BCUT2D eigenvalue weighted by atomic mass is 10.1. The molecule has 1 aliphatic rings. The highest BCUT2D eigenvalue weighted by atomic mass is 15.3. The Balaban J connectivity index is 2.44. The van der Waals surface area contributed by atoms with Gasteiger partial charge in [-0.2, -0.15) is 0 Å². The Morgan fingerprint density at radius 3 is 2.33 bits per heavy atom. The first-order chi connectivity index (χ1) is 5.51. The van der Waals surface area contributed by atoms with E-state index < -0.39 is 0 Å². The normalized spacial score (nSPS) is 19.2. The van der Waals surface area contributed by atoms with Crippen LogP contribution in [-0.4, -0.2) is 17.5 Å². The number of aliphatic imine (C=N–C) groups is 1. The molecule has 70 valence electrons. The van der Waals surface area contributed by atoms with Crippen molar-refractivity contribution in [1.29, 1.82) is 0 Å². The van der Waals surface area contributed by atoms with Gasteiger partial charge in [-0.1, -0.05) is 0 Å². The number of hydrogen-bond acceptors (Lipinski definition) is 2. The summed E-state index contributed by atoms with van der Waals surface area (Å²) in [5.74, 6) is 6.01. The van der Waals surface area contributed by atoms with Gasteiger partial charge in [-0.05, 0) is 33.6 Å². The first-order valence-electron chi connectivity index (χ1n) is 4.34. The molecule has 0 radical (unpaired) electrons. The average Bonchev–Trinajstić information content (AvgIpc) is 2.67. The van der Waals surface area contributed by atoms with Gasteiger partial charge in [0.05, 0.1) is 6.04 Å². The van der Waals surface area contributed by atoms with Crippen molar-refractivity contribution in [3.63, 3.8) is 0 Å². The van der Waals surface area contributed by atoms with Crippen LogP contribution in [0.5, 0.6) is 0 Å². The van der Waals surface area contributed by atoms with Crippen LogP contribution in [0.4, 0.5) is 0 Å². The van der Waals surface area contributed by atoms with E-state index in [1.165, 1.54) is 12.8 Å². The SMILES string of the molecule is CC(C)(C)NC(=NC1CC1)NN. The number of hydrogen-bond donors (Lipinski definition) is 3. The van der Waals surface area contributed by atoms with Gasteiger partial charge in [0.25, 0.3) is 0 Å². The van der Waals surface area contributed by atoms with E-state index in [1.54, 1.807) is 0 Å². The highest BCUT2D eigenvalue weighted by Gasteiger charge is 2.22. The van der Waals surface area contributed by atoms with Crippen LogP contribution in [0.3, 0.4) is 0 Å². The molecule has 1 rings (SSSR count). The molecule has 0 heterocycles. The molecule has 4 nitrogen and oxygen atoms in total. The van der Waals surface area contributed by atoms with Crippen LogP contribution >= 0.6 is 0 Å². The third-order valence-electron chi connectivity index (χ3n) is 1.49. The molecule has 1 saturated carbocycles. The minimum atomic E-state index is 0.0140. The van der Waals surface area contributed by atoms with E-state index in [1.807, 2.05) is 0 Å². The summed E-state index contributed by atoms with van der Waals surface area (Å²) in [4.78, 5) is 4.36. The Labute approximate surface area is 73.6 Å². The topological polar surface area (TPSA) is 62.4 Å². The summed E-state index contributed by atoms with van der Waals surface area (Å²) in [6.07, 6.45) is 2.38. The number of rotatable bonds is 1. The molecule has 0 aromatic heterocycles. The van der Waals surface area contributed by atoms with Crippen LogP contribution in [0.15, 0.2) is 4.99 Å². The summed E-state index contributed by atoms with van der Waals surface area (Å²) in [5.41, 5.74) is 2.58. The molecule has 0 aromatic carbocycles. The van der Waals surface area contributed by atoms with Gasteiger partial charge in [-0.25, -0.2) is 10.8 Å². The fourth-order valence-corrected chi connectivity index (χ4v) is 0.847. The van der Waals surface area contributed by atoms with E-state index >= 15 is 0 Å². The van der Waals surface area contributed by atoms with Crippen LogP contribution in [0.25, 0.3) is 0 Å². The average molecular weight is 170 g/mol. The number of nitrogens with zero attached hydrogens (tertiary/aromatic N) is 1. The van der Waals surface area contributed by atoms with Crippen molar-refractivity contribution in [3.8, 4) is 0 Å². The van der Waals surface area contributed by atoms with Gasteiger partial charge in [0.2, 0.25) is 5.96 Å². The van der Waals surface area contributed by atoms with Crippen LogP contribution in [0.2, 0.25) is 0 Å². The monoisotopic (exact) mass is 170 g/mol. The van der Waals surface area contributed by atoms with Gasteiger partial charge in [0.15, 0.2) is 0 Å². The van der Waals surface area contributed by atoms with E-state index in [0.717, 1.165) is 0 Å². The highest BCUT2D eigenvalue weighted by Crippen LogP contribution is 2.23. The van der Waals surface area contributed by atoms with Crippen molar-refractivity contribution in [2.24, 2.45) is 10.8 Å². The quantitative estimate of drug-likeness (QED) is 0.230. The molecule has 0 aliphatic heterocycles. The molecule has 0 aromatic rings. The Bertz CT molecular complexity index is 176. The summed E-state index contributed by atoms with van der Waals surface area (Å²) in [5, 5.41) is 3.19. The molecule has 0 spiro atoms. The predicted molar refractivity (Wildman–Crippen MR) is 50.7 cm³/mol. The van der Waals surface area contributed by atoms with Crippen molar-refractivity contribution >= 4 is 5.96 Å². The maximum Gasteiger partial charge on any atom is 0.206 e. The molecule has 4 N–H and O–H groups in total. The standard InChI is InChI=1S/C8H18N4/c1-8(2,3)11-7(12-9)10-6-4-5-6/h6H,4-5,9H2,1-3H3,(H2,10,11,12). The number of nitrogens with two attached hydrogens (primary N) is 1. The predicted octanol–water partition coefficient (Wildman–Crippen LogP) is 0.356. The van der Waals surface area contributed by atoms with Crippen molar-refractivity contribution < 1.29 is 0 Å². The zero-order valence-electron chi connectivity index (χ0n) is 8.02. The summed E-state index contributed by atoms with van der Waals surface area (Å²) in [6.45, 7) is 6.23. The molecule has 0 amide bonds. The van der Waals surface area contributed by atoms with Crippen LogP contribution in [0.1, 0.15) is 33.6 Å². The smallest absolute Gasteiger partial charge is 0.206 e. The third kappa shape index (κ3) is 3.57. The number of hydrazine groups is 1. The second-order valence-corrected chi connectivity index (χ2v) is 4.23. The maximum absolute atomic E-state index is 5.31. The maximum atomic E-state index is 5.31. The number of nitrogens with one attached hydrogen (secondary N) is 2. The van der Waals surface area contributed by atoms with Crippen molar-refractivity contribution in [2.45, 2.75) is 45.2 Å². The molecule has 0 saturated heterocycles. The zero-order chi connectivity index (χ0) is 9.19. The van der Waals surface area contributed by atoms with Crippen LogP contribution in [0, 0.1) is 0 Å². The van der Waals surface area contributed by atoms with Gasteiger partial charge in [0, 0.05) is 5.54 Å². The van der Waals surface area contributed by atoms with Gasteiger partial charge in [-0.15, -0.1) is 0 Å². The fourth-order valence-electron chi connectivity index (χ4n) is 0.847. The molecule has 1 fully saturated rings. The van der Waals surface area contributed by atoms with E-state index in [0.29, 0.717) is 12.0 Å². The molecule has 4 heteroatoms. The van der Waals surface area contributed by atoms with Gasteiger partial charge in [0.1, 0.15) is 0 Å². The lowest BCUT2D eigenvalue weighted by Crippen LogP contribution is -2.50. The molecular weight excluding hydrogens is 152 g/mol. The highest BCUT2D eigenvalue weighted by molar-refractivity contribution is 5.80. The molecule has 0 bridgehead atoms. The Morgan fingerprint density at radius 1 is 1.42 bits per heavy atom. The summed E-state index contributed by atoms with van der Waals surface area (Å²) in [7, 11) is 0. The third-order valence-corrected chi connectivity index (χ3v) is 1.49. The van der Waals surface area contributed by atoms with Crippen molar-refractivity contribution in [3.05, 3.63) is 0 Å². The van der Waals surface area contributed by atoms with E-state index in [9.17, 15) is 0 Å². The van der Waals surface area contributed by atoms with Crippen molar-refractivity contribution in [2.75, 3.05) is 0 Å². The Morgan fingerprint density at radius 2 is 2.00 bits per heavy atom. The summed E-state index contributed by atoms with van der Waals surface area (Å²) < 4.78 is 0. The zero-order valence-corrected chi connectivity index (χ0v) is 8.02. The largest absolute Gasteiger partial charge is 0.351 e. The van der Waals surface area contributed by atoms with Crippen molar-refractivity contribution in [1.82, 2.24) is 10.7 Å². The fraction of sp³-hybridized carbons (Fsp3) is 0.875. The summed E-state index contributed by atoms with van der Waals surface area (Å²) >= 11 is 0. The van der Waals surface area contributed by atoms with Crippen LogP contribution in [-0.2, 0) is 0 Å². The lowest BCUT2D eigenvalue weighted by molar-refractivity contribution is 0.501. The second kappa shape index (κ2) is 3.31.